The number of aryl methyl sites for hydroxylation is 1. The molecular formula is C26H23ClN4O3. The van der Waals surface area contributed by atoms with Crippen LogP contribution in [-0.2, 0) is 22.6 Å². The van der Waals surface area contributed by atoms with Crippen molar-refractivity contribution in [2.75, 3.05) is 6.54 Å². The smallest absolute Gasteiger partial charge is 0.283 e. The molecule has 34 heavy (non-hydrogen) atoms. The average molecular weight is 475 g/mol. The number of hydrogen-bond acceptors (Lipinski definition) is 4. The Kier molecular flexibility index (Phi) is 7.34. The van der Waals surface area contributed by atoms with E-state index in [1.165, 1.54) is 0 Å². The molecule has 0 bridgehead atoms. The highest BCUT2D eigenvalue weighted by Gasteiger charge is 2.17. The molecule has 4 rings (SSSR count). The van der Waals surface area contributed by atoms with Crippen molar-refractivity contribution in [2.45, 2.75) is 19.4 Å². The molecule has 0 atom stereocenters. The molecule has 172 valence electrons. The molecule has 3 aromatic carbocycles. The van der Waals surface area contributed by atoms with Gasteiger partial charge in [-0.25, -0.2) is 0 Å². The van der Waals surface area contributed by atoms with Crippen LogP contribution >= 0.6 is 11.6 Å². The zero-order valence-electron chi connectivity index (χ0n) is 18.3. The fourth-order valence-electron chi connectivity index (χ4n) is 3.63. The molecule has 8 heteroatoms. The average Bonchev–Trinajstić information content (AvgIpc) is 3.12. The molecular weight excluding hydrogens is 452 g/mol. The maximum atomic E-state index is 12.2. The Labute approximate surface area is 201 Å². The van der Waals surface area contributed by atoms with Crippen molar-refractivity contribution in [3.63, 3.8) is 0 Å². The summed E-state index contributed by atoms with van der Waals surface area (Å²) < 4.78 is 1.67. The molecule has 0 radical (unpaired) electrons. The number of fused-ring (bicyclic) bond motifs is 1. The van der Waals surface area contributed by atoms with Gasteiger partial charge in [-0.05, 0) is 29.7 Å². The molecule has 0 unspecified atom stereocenters. The van der Waals surface area contributed by atoms with Gasteiger partial charge in [0.2, 0.25) is 11.8 Å². The first-order valence-electron chi connectivity index (χ1n) is 10.8. The minimum Gasteiger partial charge on any atom is -0.493 e. The normalized spacial score (nSPS) is 11.2. The van der Waals surface area contributed by atoms with E-state index in [0.29, 0.717) is 23.4 Å². The fraction of sp³-hybridized carbons (Fsp3) is 0.154. The van der Waals surface area contributed by atoms with Crippen molar-refractivity contribution in [1.29, 1.82) is 0 Å². The number of halogens is 1. The molecule has 0 spiro atoms. The van der Waals surface area contributed by atoms with E-state index in [4.69, 9.17) is 11.6 Å². The number of benzene rings is 3. The standard InChI is InChI=1S/C26H23ClN4O3/c27-21-12-6-4-10-19(21)17-31-22-13-7-5-11-20(22)25(26(31)34)30-29-24(33)16-28-23(32)15-14-18-8-2-1-3-9-18/h1-13,34H,14-17H2,(H,28,32). The predicted molar refractivity (Wildman–Crippen MR) is 131 cm³/mol. The summed E-state index contributed by atoms with van der Waals surface area (Å²) in [6.07, 6.45) is 0.853. The zero-order chi connectivity index (χ0) is 23.9. The summed E-state index contributed by atoms with van der Waals surface area (Å²) in [5.41, 5.74) is 2.80. The zero-order valence-corrected chi connectivity index (χ0v) is 19.1. The van der Waals surface area contributed by atoms with E-state index in [9.17, 15) is 14.7 Å². The van der Waals surface area contributed by atoms with E-state index in [0.717, 1.165) is 16.6 Å². The van der Waals surface area contributed by atoms with Crippen molar-refractivity contribution in [1.82, 2.24) is 9.88 Å². The van der Waals surface area contributed by atoms with E-state index in [1.807, 2.05) is 66.7 Å². The number of azo groups is 1. The Morgan fingerprint density at radius 2 is 1.65 bits per heavy atom. The molecule has 0 aliphatic heterocycles. The molecule has 0 aliphatic rings. The van der Waals surface area contributed by atoms with Crippen molar-refractivity contribution < 1.29 is 14.7 Å². The summed E-state index contributed by atoms with van der Waals surface area (Å²) in [6, 6.07) is 24.3. The van der Waals surface area contributed by atoms with E-state index in [2.05, 4.69) is 15.5 Å². The molecule has 0 saturated heterocycles. The fourth-order valence-corrected chi connectivity index (χ4v) is 3.83. The van der Waals surface area contributed by atoms with Crippen LogP contribution in [0.4, 0.5) is 5.69 Å². The SMILES string of the molecule is O=C(CNC(=O)CCc1ccccc1)N=Nc1c(O)n(Cc2ccccc2Cl)c2ccccc12. The number of aromatic nitrogens is 1. The molecule has 4 aromatic rings. The van der Waals surface area contributed by atoms with Gasteiger partial charge in [-0.2, -0.15) is 0 Å². The Hall–Kier alpha value is -3.97. The summed E-state index contributed by atoms with van der Waals surface area (Å²) in [6.45, 7) is 0.0586. The lowest BCUT2D eigenvalue weighted by Crippen LogP contribution is -2.28. The second-order valence-electron chi connectivity index (χ2n) is 7.72. The predicted octanol–water partition coefficient (Wildman–Crippen LogP) is 5.41. The van der Waals surface area contributed by atoms with Crippen LogP contribution in [0, 0.1) is 0 Å². The largest absolute Gasteiger partial charge is 0.493 e. The Morgan fingerprint density at radius 1 is 0.941 bits per heavy atom. The topological polar surface area (TPSA) is 96.1 Å². The first-order valence-corrected chi connectivity index (χ1v) is 11.2. The lowest BCUT2D eigenvalue weighted by molar-refractivity contribution is -0.124. The van der Waals surface area contributed by atoms with E-state index in [-0.39, 0.29) is 30.4 Å². The Bertz CT molecular complexity index is 1350. The lowest BCUT2D eigenvalue weighted by atomic mass is 10.1. The van der Waals surface area contributed by atoms with Gasteiger partial charge in [0.25, 0.3) is 5.91 Å². The maximum Gasteiger partial charge on any atom is 0.283 e. The van der Waals surface area contributed by atoms with Gasteiger partial charge in [-0.1, -0.05) is 78.3 Å². The van der Waals surface area contributed by atoms with Crippen molar-refractivity contribution in [3.05, 3.63) is 95.0 Å². The van der Waals surface area contributed by atoms with Gasteiger partial charge in [0.15, 0.2) is 5.69 Å². The molecule has 0 saturated carbocycles. The molecule has 0 aliphatic carbocycles. The third-order valence-corrected chi connectivity index (χ3v) is 5.75. The summed E-state index contributed by atoms with van der Waals surface area (Å²) in [7, 11) is 0. The molecule has 2 N–H and O–H groups in total. The van der Waals surface area contributed by atoms with Crippen LogP contribution in [0.15, 0.2) is 89.1 Å². The first-order chi connectivity index (χ1) is 16.5. The minimum absolute atomic E-state index is 0.121. The second-order valence-corrected chi connectivity index (χ2v) is 8.13. The van der Waals surface area contributed by atoms with E-state index >= 15 is 0 Å². The third-order valence-electron chi connectivity index (χ3n) is 5.39. The van der Waals surface area contributed by atoms with Gasteiger partial charge in [-0.3, -0.25) is 9.59 Å². The number of para-hydroxylation sites is 1. The summed E-state index contributed by atoms with van der Waals surface area (Å²) in [5.74, 6) is -0.980. The van der Waals surface area contributed by atoms with Gasteiger partial charge in [0.1, 0.15) is 6.54 Å². The Morgan fingerprint density at radius 3 is 2.44 bits per heavy atom. The second kappa shape index (κ2) is 10.8. The summed E-state index contributed by atoms with van der Waals surface area (Å²) in [5, 5.41) is 22.4. The first kappa shape index (κ1) is 23.2. The van der Waals surface area contributed by atoms with E-state index < -0.39 is 5.91 Å². The van der Waals surface area contributed by atoms with Crippen LogP contribution in [0.25, 0.3) is 10.9 Å². The molecule has 1 aromatic heterocycles. The number of rotatable bonds is 8. The van der Waals surface area contributed by atoms with Gasteiger partial charge in [-0.15, -0.1) is 10.2 Å². The highest BCUT2D eigenvalue weighted by Crippen LogP contribution is 2.39. The summed E-state index contributed by atoms with van der Waals surface area (Å²) in [4.78, 5) is 24.2. The molecule has 7 nitrogen and oxygen atoms in total. The lowest BCUT2D eigenvalue weighted by Gasteiger charge is -2.08. The number of aromatic hydroxyl groups is 1. The van der Waals surface area contributed by atoms with E-state index in [1.54, 1.807) is 16.7 Å². The highest BCUT2D eigenvalue weighted by atomic mass is 35.5. The number of nitrogens with zero attached hydrogens (tertiary/aromatic N) is 3. The minimum atomic E-state index is -0.615. The van der Waals surface area contributed by atoms with Gasteiger partial charge in [0.05, 0.1) is 12.1 Å². The van der Waals surface area contributed by atoms with Crippen LogP contribution in [0.5, 0.6) is 5.88 Å². The number of carbonyl (C=O) groups is 2. The molecule has 1 heterocycles. The quantitative estimate of drug-likeness (QED) is 0.334. The van der Waals surface area contributed by atoms with Gasteiger partial charge >= 0.3 is 0 Å². The third kappa shape index (κ3) is 5.50. The van der Waals surface area contributed by atoms with Crippen LogP contribution in [0.2, 0.25) is 5.02 Å². The van der Waals surface area contributed by atoms with Crippen molar-refractivity contribution in [3.8, 4) is 5.88 Å². The number of carbonyl (C=O) groups excluding carboxylic acids is 2. The van der Waals surface area contributed by atoms with Crippen molar-refractivity contribution >= 4 is 40.0 Å². The van der Waals surface area contributed by atoms with Crippen LogP contribution < -0.4 is 5.32 Å². The number of hydrogen-bond donors (Lipinski definition) is 2. The maximum absolute atomic E-state index is 12.2. The Balaban J connectivity index is 1.43. The monoisotopic (exact) mass is 474 g/mol. The van der Waals surface area contributed by atoms with Crippen molar-refractivity contribution in [2.24, 2.45) is 10.2 Å². The molecule has 0 fully saturated rings. The highest BCUT2D eigenvalue weighted by molar-refractivity contribution is 6.31. The van der Waals surface area contributed by atoms with Crippen LogP contribution in [0.1, 0.15) is 17.5 Å². The van der Waals surface area contributed by atoms with Crippen LogP contribution in [0.3, 0.4) is 0 Å². The molecule has 2 amide bonds. The summed E-state index contributed by atoms with van der Waals surface area (Å²) >= 11 is 6.29. The number of nitrogens with one attached hydrogen (secondary N) is 1. The number of amides is 2. The van der Waals surface area contributed by atoms with Crippen LogP contribution in [-0.4, -0.2) is 28.0 Å². The van der Waals surface area contributed by atoms with Gasteiger partial charge in [0, 0.05) is 16.8 Å². The van der Waals surface area contributed by atoms with Gasteiger partial charge < -0.3 is 15.0 Å².